The van der Waals surface area contributed by atoms with E-state index in [1.807, 2.05) is 29.6 Å². The highest BCUT2D eigenvalue weighted by Gasteiger charge is 2.10. The molecule has 0 saturated carbocycles. The highest BCUT2D eigenvalue weighted by molar-refractivity contribution is 7.11. The molecule has 0 bridgehead atoms. The van der Waals surface area contributed by atoms with E-state index in [2.05, 4.69) is 11.1 Å². The number of thiazole rings is 1. The summed E-state index contributed by atoms with van der Waals surface area (Å²) in [5.41, 5.74) is 3.45. The van der Waals surface area contributed by atoms with Crippen LogP contribution in [0.1, 0.15) is 16.1 Å². The van der Waals surface area contributed by atoms with Gasteiger partial charge in [-0.05, 0) is 71.8 Å². The zero-order valence-electron chi connectivity index (χ0n) is 18.6. The van der Waals surface area contributed by atoms with Gasteiger partial charge in [-0.2, -0.15) is 5.26 Å². The van der Waals surface area contributed by atoms with E-state index < -0.39 is 5.97 Å². The maximum Gasteiger partial charge on any atom is 0.336 e. The van der Waals surface area contributed by atoms with Crippen molar-refractivity contribution in [2.24, 2.45) is 0 Å². The SMILES string of the molecule is COc1ccc(/C=C/C(=O)Oc2ccc(/C=C(\C#N)c3nc(-c4ccc(F)cc4)cs3)cc2)cc1. The van der Waals surface area contributed by atoms with Crippen LogP contribution >= 0.6 is 11.3 Å². The Kier molecular flexibility index (Phi) is 7.46. The van der Waals surface area contributed by atoms with E-state index in [4.69, 9.17) is 9.47 Å². The van der Waals surface area contributed by atoms with Crippen LogP contribution in [0.5, 0.6) is 11.5 Å². The predicted molar refractivity (Wildman–Crippen MR) is 135 cm³/mol. The minimum atomic E-state index is -0.502. The van der Waals surface area contributed by atoms with Gasteiger partial charge in [0.05, 0.1) is 18.4 Å². The molecule has 172 valence electrons. The van der Waals surface area contributed by atoms with Gasteiger partial charge in [0.15, 0.2) is 0 Å². The van der Waals surface area contributed by atoms with Crippen LogP contribution in [-0.2, 0) is 4.79 Å². The first-order chi connectivity index (χ1) is 17.0. The molecule has 0 amide bonds. The molecule has 0 aliphatic heterocycles. The standard InChI is InChI=1S/C28H19FN2O3S/c1-33-24-11-2-19(3-12-24)6-15-27(32)34-25-13-4-20(5-14-25)16-22(17-30)28-31-26(18-35-28)21-7-9-23(29)10-8-21/h2-16,18H,1H3/b15-6+,22-16+. The Bertz CT molecular complexity index is 1420. The number of hydrogen-bond acceptors (Lipinski definition) is 6. The van der Waals surface area contributed by atoms with E-state index in [0.717, 1.165) is 22.4 Å². The molecule has 4 rings (SSSR count). The summed E-state index contributed by atoms with van der Waals surface area (Å²) in [4.78, 5) is 16.6. The topological polar surface area (TPSA) is 72.2 Å². The van der Waals surface area contributed by atoms with E-state index in [1.165, 1.54) is 29.5 Å². The van der Waals surface area contributed by atoms with Crippen molar-refractivity contribution in [1.29, 1.82) is 5.26 Å². The second-order valence-corrected chi connectivity index (χ2v) is 8.17. The molecular weight excluding hydrogens is 463 g/mol. The van der Waals surface area contributed by atoms with Crippen LogP contribution in [-0.4, -0.2) is 18.1 Å². The number of hydrogen-bond donors (Lipinski definition) is 0. The fourth-order valence-corrected chi connectivity index (χ4v) is 3.92. The molecular formula is C28H19FN2O3S. The molecule has 35 heavy (non-hydrogen) atoms. The predicted octanol–water partition coefficient (Wildman–Crippen LogP) is 6.64. The van der Waals surface area contributed by atoms with Gasteiger partial charge >= 0.3 is 5.97 Å². The molecule has 0 saturated heterocycles. The van der Waals surface area contributed by atoms with Crippen molar-refractivity contribution in [2.45, 2.75) is 0 Å². The third kappa shape index (κ3) is 6.28. The van der Waals surface area contributed by atoms with Gasteiger partial charge in [-0.25, -0.2) is 14.2 Å². The summed E-state index contributed by atoms with van der Waals surface area (Å²) in [6.45, 7) is 0. The number of allylic oxidation sites excluding steroid dienone is 1. The molecule has 0 aliphatic rings. The first-order valence-electron chi connectivity index (χ1n) is 10.5. The molecule has 0 aliphatic carbocycles. The molecule has 0 unspecified atom stereocenters. The van der Waals surface area contributed by atoms with Crippen molar-refractivity contribution in [3.8, 4) is 28.8 Å². The van der Waals surface area contributed by atoms with E-state index in [1.54, 1.807) is 55.7 Å². The summed E-state index contributed by atoms with van der Waals surface area (Å²) in [6.07, 6.45) is 4.72. The van der Waals surface area contributed by atoms with Gasteiger partial charge in [0.1, 0.15) is 28.4 Å². The minimum absolute atomic E-state index is 0.316. The van der Waals surface area contributed by atoms with Crippen LogP contribution in [0.15, 0.2) is 84.3 Å². The van der Waals surface area contributed by atoms with Gasteiger partial charge in [0.2, 0.25) is 0 Å². The number of benzene rings is 3. The van der Waals surface area contributed by atoms with Crippen molar-refractivity contribution in [3.63, 3.8) is 0 Å². The van der Waals surface area contributed by atoms with Gasteiger partial charge in [0, 0.05) is 17.0 Å². The van der Waals surface area contributed by atoms with Crippen molar-refractivity contribution < 1.29 is 18.7 Å². The highest BCUT2D eigenvalue weighted by atomic mass is 32.1. The highest BCUT2D eigenvalue weighted by Crippen LogP contribution is 2.27. The van der Waals surface area contributed by atoms with Crippen LogP contribution in [0, 0.1) is 17.1 Å². The van der Waals surface area contributed by atoms with Crippen molar-refractivity contribution in [3.05, 3.63) is 106 Å². The fraction of sp³-hybridized carbons (Fsp3) is 0.0357. The van der Waals surface area contributed by atoms with Gasteiger partial charge in [-0.1, -0.05) is 24.3 Å². The molecule has 0 atom stereocenters. The first-order valence-corrected chi connectivity index (χ1v) is 11.4. The Hall–Kier alpha value is -4.54. The van der Waals surface area contributed by atoms with Crippen molar-refractivity contribution in [1.82, 2.24) is 4.98 Å². The largest absolute Gasteiger partial charge is 0.497 e. The van der Waals surface area contributed by atoms with Gasteiger partial charge in [-0.15, -0.1) is 11.3 Å². The van der Waals surface area contributed by atoms with Crippen molar-refractivity contribution in [2.75, 3.05) is 7.11 Å². The summed E-state index contributed by atoms with van der Waals surface area (Å²) in [5, 5.41) is 12.0. The zero-order valence-corrected chi connectivity index (χ0v) is 19.5. The second-order valence-electron chi connectivity index (χ2n) is 7.31. The quantitative estimate of drug-likeness (QED) is 0.128. The summed E-state index contributed by atoms with van der Waals surface area (Å²) in [5.74, 6) is 0.307. The number of methoxy groups -OCH3 is 1. The Balaban J connectivity index is 1.41. The molecule has 0 fully saturated rings. The maximum atomic E-state index is 13.2. The number of carbonyl (C=O) groups excluding carboxylic acids is 1. The van der Waals surface area contributed by atoms with Gasteiger partial charge in [0.25, 0.3) is 0 Å². The summed E-state index contributed by atoms with van der Waals surface area (Å²) in [6, 6.07) is 22.3. The van der Waals surface area contributed by atoms with Crippen LogP contribution in [0.3, 0.4) is 0 Å². The minimum Gasteiger partial charge on any atom is -0.497 e. The van der Waals surface area contributed by atoms with Crippen LogP contribution in [0.25, 0.3) is 29.0 Å². The lowest BCUT2D eigenvalue weighted by atomic mass is 10.1. The monoisotopic (exact) mass is 482 g/mol. The normalized spacial score (nSPS) is 11.3. The van der Waals surface area contributed by atoms with Crippen LogP contribution in [0.2, 0.25) is 0 Å². The Morgan fingerprint density at radius 3 is 2.29 bits per heavy atom. The summed E-state index contributed by atoms with van der Waals surface area (Å²) < 4.78 is 23.6. The van der Waals surface area contributed by atoms with Gasteiger partial charge < -0.3 is 9.47 Å². The Morgan fingerprint density at radius 1 is 0.971 bits per heavy atom. The summed E-state index contributed by atoms with van der Waals surface area (Å²) in [7, 11) is 1.59. The number of carbonyl (C=O) groups is 1. The molecule has 1 heterocycles. The second kappa shape index (κ2) is 11.1. The lowest BCUT2D eigenvalue weighted by molar-refractivity contribution is -0.128. The lowest BCUT2D eigenvalue weighted by Crippen LogP contribution is -2.03. The van der Waals surface area contributed by atoms with E-state index in [-0.39, 0.29) is 5.82 Å². The smallest absolute Gasteiger partial charge is 0.336 e. The number of ether oxygens (including phenoxy) is 2. The van der Waals surface area contributed by atoms with Crippen molar-refractivity contribution >= 4 is 35.0 Å². The number of nitriles is 1. The lowest BCUT2D eigenvalue weighted by Gasteiger charge is -2.02. The number of aromatic nitrogens is 1. The fourth-order valence-electron chi connectivity index (χ4n) is 3.12. The molecule has 1 aromatic heterocycles. The average Bonchev–Trinajstić information content (AvgIpc) is 3.38. The van der Waals surface area contributed by atoms with E-state index >= 15 is 0 Å². The number of halogens is 1. The first kappa shape index (κ1) is 23.6. The third-order valence-corrected chi connectivity index (χ3v) is 5.81. The maximum absolute atomic E-state index is 13.2. The summed E-state index contributed by atoms with van der Waals surface area (Å²) >= 11 is 1.34. The molecule has 3 aromatic carbocycles. The molecule has 0 radical (unpaired) electrons. The Labute approximate surface area is 206 Å². The third-order valence-electron chi connectivity index (χ3n) is 4.93. The average molecular weight is 483 g/mol. The number of rotatable bonds is 7. The molecule has 4 aromatic rings. The Morgan fingerprint density at radius 2 is 1.63 bits per heavy atom. The van der Waals surface area contributed by atoms with E-state index in [9.17, 15) is 14.4 Å². The molecule has 7 heteroatoms. The zero-order chi connectivity index (χ0) is 24.6. The van der Waals surface area contributed by atoms with Crippen LogP contribution < -0.4 is 9.47 Å². The number of esters is 1. The van der Waals surface area contributed by atoms with E-state index in [0.29, 0.717) is 22.0 Å². The molecule has 0 spiro atoms. The van der Waals surface area contributed by atoms with Crippen LogP contribution in [0.4, 0.5) is 4.39 Å². The van der Waals surface area contributed by atoms with Gasteiger partial charge in [-0.3, -0.25) is 0 Å². The molecule has 5 nitrogen and oxygen atoms in total. The number of nitrogens with zero attached hydrogens (tertiary/aromatic N) is 2. The molecule has 0 N–H and O–H groups in total.